The van der Waals surface area contributed by atoms with Gasteiger partial charge in [-0.3, -0.25) is 14.4 Å². The lowest BCUT2D eigenvalue weighted by molar-refractivity contribution is -0.155. The van der Waals surface area contributed by atoms with Gasteiger partial charge < -0.3 is 14.2 Å². The summed E-state index contributed by atoms with van der Waals surface area (Å²) < 4.78 is 16.3. The Morgan fingerprint density at radius 3 is 1.70 bits per heavy atom. The maximum atomic E-state index is 13.4. The normalized spacial score (nSPS) is 11.7. The van der Waals surface area contributed by atoms with Crippen LogP contribution in [0.4, 0.5) is 0 Å². The molecule has 0 N–H and O–H groups in total. The highest BCUT2D eigenvalue weighted by molar-refractivity contribution is 5.81. The smallest absolute Gasteiger partial charge is 0.315 e. The summed E-state index contributed by atoms with van der Waals surface area (Å²) in [5.41, 5.74) is 1.07. The lowest BCUT2D eigenvalue weighted by Gasteiger charge is -2.28. The highest BCUT2D eigenvalue weighted by Crippen LogP contribution is 2.34. The molecular weight excluding hydrogens is 468 g/mol. The van der Waals surface area contributed by atoms with Crippen LogP contribution in [-0.4, -0.2) is 37.7 Å². The summed E-state index contributed by atoms with van der Waals surface area (Å²) in [4.78, 5) is 38.2. The summed E-state index contributed by atoms with van der Waals surface area (Å²) >= 11 is 0. The van der Waals surface area contributed by atoms with Gasteiger partial charge in [0.15, 0.2) is 0 Å². The number of benzene rings is 1. The van der Waals surface area contributed by atoms with Gasteiger partial charge in [-0.15, -0.1) is 0 Å². The second kappa shape index (κ2) is 19.3. The van der Waals surface area contributed by atoms with Crippen LogP contribution >= 0.6 is 0 Å². The number of carbonyl (C=O) groups excluding carboxylic acids is 3. The number of ether oxygens (including phenoxy) is 3. The van der Waals surface area contributed by atoms with Crippen LogP contribution in [0, 0.1) is 12.3 Å². The molecule has 0 atom stereocenters. The quantitative estimate of drug-likeness (QED) is 0.0845. The fraction of sp³-hybridized carbons (Fsp3) is 0.581. The fourth-order valence-corrected chi connectivity index (χ4v) is 3.56. The van der Waals surface area contributed by atoms with E-state index >= 15 is 0 Å². The number of unbranched alkanes of at least 4 members (excludes halogenated alkanes) is 3. The van der Waals surface area contributed by atoms with Crippen molar-refractivity contribution < 1.29 is 28.6 Å². The molecule has 1 rings (SSSR count). The Labute approximate surface area is 223 Å². The predicted octanol–water partition coefficient (Wildman–Crippen LogP) is 7.14. The number of aryl methyl sites for hydroxylation is 1. The fourth-order valence-electron chi connectivity index (χ4n) is 3.56. The Balaban J connectivity index is 3.12. The van der Waals surface area contributed by atoms with E-state index in [1.165, 1.54) is 5.56 Å². The Morgan fingerprint density at radius 1 is 0.730 bits per heavy atom. The van der Waals surface area contributed by atoms with Crippen molar-refractivity contribution in [1.29, 1.82) is 0 Å². The van der Waals surface area contributed by atoms with E-state index in [0.717, 1.165) is 44.1 Å². The molecule has 206 valence electrons. The van der Waals surface area contributed by atoms with Gasteiger partial charge in [-0.05, 0) is 44.6 Å². The van der Waals surface area contributed by atoms with Crippen LogP contribution in [0.25, 0.3) is 6.08 Å². The lowest BCUT2D eigenvalue weighted by Crippen LogP contribution is -2.33. The van der Waals surface area contributed by atoms with E-state index in [2.05, 4.69) is 0 Å². The molecule has 6 nitrogen and oxygen atoms in total. The van der Waals surface area contributed by atoms with Gasteiger partial charge in [0.2, 0.25) is 0 Å². The second-order valence-corrected chi connectivity index (χ2v) is 9.42. The first-order chi connectivity index (χ1) is 17.9. The maximum absolute atomic E-state index is 13.4. The Bertz CT molecular complexity index is 827. The zero-order chi connectivity index (χ0) is 27.4. The molecular formula is C31H46O6. The number of carbonyl (C=O) groups is 3. The van der Waals surface area contributed by atoms with Gasteiger partial charge >= 0.3 is 17.9 Å². The molecule has 0 aliphatic rings. The van der Waals surface area contributed by atoms with Gasteiger partial charge in [-0.2, -0.15) is 0 Å². The molecule has 0 amide bonds. The molecule has 37 heavy (non-hydrogen) atoms. The minimum atomic E-state index is -1.14. The van der Waals surface area contributed by atoms with E-state index in [1.54, 1.807) is 12.2 Å². The number of hydrogen-bond acceptors (Lipinski definition) is 6. The van der Waals surface area contributed by atoms with Gasteiger partial charge in [0.1, 0.15) is 0 Å². The second-order valence-electron chi connectivity index (χ2n) is 9.42. The molecule has 0 saturated carbocycles. The minimum Gasteiger partial charge on any atom is -0.466 e. The van der Waals surface area contributed by atoms with Crippen LogP contribution in [0.1, 0.15) is 96.1 Å². The lowest BCUT2D eigenvalue weighted by atomic mass is 9.78. The van der Waals surface area contributed by atoms with Crippen molar-refractivity contribution in [3.8, 4) is 0 Å². The molecule has 0 fully saturated rings. The third-order valence-electron chi connectivity index (χ3n) is 6.10. The number of allylic oxidation sites excluding steroid dienone is 2. The molecule has 0 unspecified atom stereocenters. The SMILES string of the molecule is CCCCOC(=O)CCC(/C=C/C=C/c1ccc(C)cc1)(CCC(=O)OCCCC)C(=O)OCCCC. The monoisotopic (exact) mass is 514 g/mol. The van der Waals surface area contributed by atoms with Crippen molar-refractivity contribution in [2.75, 3.05) is 19.8 Å². The molecule has 0 bridgehead atoms. The van der Waals surface area contributed by atoms with Crippen LogP contribution in [0.3, 0.4) is 0 Å². The van der Waals surface area contributed by atoms with E-state index in [9.17, 15) is 14.4 Å². The number of rotatable bonds is 19. The molecule has 0 aliphatic carbocycles. The van der Waals surface area contributed by atoms with Crippen molar-refractivity contribution >= 4 is 24.0 Å². The van der Waals surface area contributed by atoms with Crippen molar-refractivity contribution in [2.45, 2.75) is 91.9 Å². The standard InChI is InChI=1S/C31H46O6/c1-5-8-23-35-28(32)18-21-31(30(34)37-25-10-7-3,22-19-29(33)36-24-9-6-2)20-12-11-13-27-16-14-26(4)15-17-27/h11-17,20H,5-10,18-19,21-25H2,1-4H3/b13-11+,20-12+. The summed E-state index contributed by atoms with van der Waals surface area (Å²) in [7, 11) is 0. The van der Waals surface area contributed by atoms with Gasteiger partial charge in [-0.1, -0.05) is 94.2 Å². The Morgan fingerprint density at radius 2 is 1.22 bits per heavy atom. The summed E-state index contributed by atoms with van der Waals surface area (Å²) in [5, 5.41) is 0. The van der Waals surface area contributed by atoms with Crippen molar-refractivity contribution in [3.63, 3.8) is 0 Å². The topological polar surface area (TPSA) is 78.9 Å². The summed E-state index contributed by atoms with van der Waals surface area (Å²) in [6.07, 6.45) is 13.0. The van der Waals surface area contributed by atoms with E-state index in [4.69, 9.17) is 14.2 Å². The maximum Gasteiger partial charge on any atom is 0.315 e. The third-order valence-corrected chi connectivity index (χ3v) is 6.10. The van der Waals surface area contributed by atoms with E-state index in [1.807, 2.05) is 64.1 Å². The summed E-state index contributed by atoms with van der Waals surface area (Å²) in [6.45, 7) is 9.14. The first-order valence-electron chi connectivity index (χ1n) is 13.8. The Hall–Kier alpha value is -2.89. The first kappa shape index (κ1) is 32.1. The van der Waals surface area contributed by atoms with Gasteiger partial charge in [0.05, 0.1) is 25.2 Å². The van der Waals surface area contributed by atoms with Gasteiger partial charge in [0, 0.05) is 12.8 Å². The van der Waals surface area contributed by atoms with Crippen molar-refractivity contribution in [1.82, 2.24) is 0 Å². The van der Waals surface area contributed by atoms with Crippen LogP contribution in [0.5, 0.6) is 0 Å². The minimum absolute atomic E-state index is 0.0590. The van der Waals surface area contributed by atoms with E-state index in [-0.39, 0.29) is 37.6 Å². The number of hydrogen-bond donors (Lipinski definition) is 0. The van der Waals surface area contributed by atoms with E-state index < -0.39 is 11.4 Å². The van der Waals surface area contributed by atoms with Gasteiger partial charge in [-0.25, -0.2) is 0 Å². The molecule has 0 heterocycles. The number of esters is 3. The van der Waals surface area contributed by atoms with Crippen molar-refractivity contribution in [3.05, 3.63) is 53.6 Å². The summed E-state index contributed by atoms with van der Waals surface area (Å²) in [5.74, 6) is -1.13. The molecule has 0 saturated heterocycles. The van der Waals surface area contributed by atoms with Crippen molar-refractivity contribution in [2.24, 2.45) is 5.41 Å². The predicted molar refractivity (Wildman–Crippen MR) is 148 cm³/mol. The zero-order valence-corrected chi connectivity index (χ0v) is 23.3. The van der Waals surface area contributed by atoms with Gasteiger partial charge in [0.25, 0.3) is 0 Å². The average molecular weight is 515 g/mol. The largest absolute Gasteiger partial charge is 0.466 e. The molecule has 6 heteroatoms. The molecule has 1 aromatic rings. The van der Waals surface area contributed by atoms with Crippen LogP contribution < -0.4 is 0 Å². The third kappa shape index (κ3) is 13.8. The van der Waals surface area contributed by atoms with Crippen LogP contribution in [0.15, 0.2) is 42.5 Å². The molecule has 0 aromatic heterocycles. The Kier molecular flexibility index (Phi) is 16.7. The molecule has 1 aromatic carbocycles. The zero-order valence-electron chi connectivity index (χ0n) is 23.3. The first-order valence-corrected chi connectivity index (χ1v) is 13.8. The molecule has 0 spiro atoms. The van der Waals surface area contributed by atoms with Crippen LogP contribution in [-0.2, 0) is 28.6 Å². The van der Waals surface area contributed by atoms with Crippen LogP contribution in [0.2, 0.25) is 0 Å². The molecule has 0 radical (unpaired) electrons. The molecule has 0 aliphatic heterocycles. The summed E-state index contributed by atoms with van der Waals surface area (Å²) in [6, 6.07) is 8.11. The highest BCUT2D eigenvalue weighted by atomic mass is 16.5. The van der Waals surface area contributed by atoms with E-state index in [0.29, 0.717) is 19.8 Å². The average Bonchev–Trinajstić information content (AvgIpc) is 2.89. The highest BCUT2D eigenvalue weighted by Gasteiger charge is 2.38.